The van der Waals surface area contributed by atoms with Crippen molar-refractivity contribution in [2.45, 2.75) is 44.2 Å². The molecule has 0 unspecified atom stereocenters. The Hall–Kier alpha value is -1.71. The van der Waals surface area contributed by atoms with Crippen molar-refractivity contribution in [3.8, 4) is 6.07 Å². The zero-order valence-electron chi connectivity index (χ0n) is 14.3. The molecule has 0 atom stereocenters. The van der Waals surface area contributed by atoms with Crippen LogP contribution >= 0.6 is 0 Å². The summed E-state index contributed by atoms with van der Waals surface area (Å²) in [5.41, 5.74) is 0.630. The molecule has 24 heavy (non-hydrogen) atoms. The van der Waals surface area contributed by atoms with Gasteiger partial charge < -0.3 is 4.90 Å². The third-order valence-corrected chi connectivity index (χ3v) is 5.94. The fraction of sp³-hybridized carbons (Fsp3) is 0.722. The SMILES string of the molecule is N#Cc1ccnnc1N1CC(N2CCN(C3CCCCC3)CC2)C1. The fourth-order valence-electron chi connectivity index (χ4n) is 4.42. The maximum Gasteiger partial charge on any atom is 0.169 e. The van der Waals surface area contributed by atoms with Crippen molar-refractivity contribution in [1.82, 2.24) is 20.0 Å². The highest BCUT2D eigenvalue weighted by molar-refractivity contribution is 5.54. The van der Waals surface area contributed by atoms with Crippen LogP contribution in [0.5, 0.6) is 0 Å². The number of hydrogen-bond acceptors (Lipinski definition) is 6. The first-order valence-corrected chi connectivity index (χ1v) is 9.30. The summed E-state index contributed by atoms with van der Waals surface area (Å²) in [4.78, 5) is 7.53. The third kappa shape index (κ3) is 3.11. The van der Waals surface area contributed by atoms with Crippen LogP contribution in [0.2, 0.25) is 0 Å². The quantitative estimate of drug-likeness (QED) is 0.839. The van der Waals surface area contributed by atoms with Gasteiger partial charge in [-0.15, -0.1) is 5.10 Å². The summed E-state index contributed by atoms with van der Waals surface area (Å²) < 4.78 is 0. The van der Waals surface area contributed by atoms with E-state index in [0.717, 1.165) is 24.9 Å². The molecule has 128 valence electrons. The van der Waals surface area contributed by atoms with Gasteiger partial charge >= 0.3 is 0 Å². The Morgan fingerprint density at radius 2 is 1.62 bits per heavy atom. The van der Waals surface area contributed by atoms with E-state index in [9.17, 15) is 5.26 Å². The minimum absolute atomic E-state index is 0.604. The van der Waals surface area contributed by atoms with E-state index in [1.165, 1.54) is 58.3 Å². The summed E-state index contributed by atoms with van der Waals surface area (Å²) in [6.07, 6.45) is 8.66. The van der Waals surface area contributed by atoms with Crippen LogP contribution in [0, 0.1) is 11.3 Å². The molecule has 1 saturated carbocycles. The molecule has 0 spiro atoms. The van der Waals surface area contributed by atoms with Crippen molar-refractivity contribution in [3.63, 3.8) is 0 Å². The summed E-state index contributed by atoms with van der Waals surface area (Å²) in [5, 5.41) is 17.3. The maximum absolute atomic E-state index is 9.19. The molecule has 2 saturated heterocycles. The van der Waals surface area contributed by atoms with Crippen LogP contribution in [-0.2, 0) is 0 Å². The monoisotopic (exact) mass is 326 g/mol. The molecule has 0 amide bonds. The minimum atomic E-state index is 0.604. The number of piperazine rings is 1. The molecule has 2 aliphatic heterocycles. The van der Waals surface area contributed by atoms with Crippen LogP contribution in [0.15, 0.2) is 12.3 Å². The van der Waals surface area contributed by atoms with Crippen LogP contribution in [0.25, 0.3) is 0 Å². The summed E-state index contributed by atoms with van der Waals surface area (Å²) >= 11 is 0. The van der Waals surface area contributed by atoms with E-state index in [-0.39, 0.29) is 0 Å². The van der Waals surface area contributed by atoms with Crippen molar-refractivity contribution in [2.75, 3.05) is 44.2 Å². The lowest BCUT2D eigenvalue weighted by atomic mass is 9.93. The van der Waals surface area contributed by atoms with Crippen LogP contribution < -0.4 is 4.90 Å². The first-order valence-electron chi connectivity index (χ1n) is 9.30. The Morgan fingerprint density at radius 1 is 0.958 bits per heavy atom. The van der Waals surface area contributed by atoms with Crippen molar-refractivity contribution in [3.05, 3.63) is 17.8 Å². The molecule has 0 aromatic carbocycles. The Balaban J connectivity index is 1.27. The summed E-state index contributed by atoms with van der Waals surface area (Å²) in [6, 6.07) is 5.41. The maximum atomic E-state index is 9.19. The van der Waals surface area contributed by atoms with Crippen molar-refractivity contribution in [2.24, 2.45) is 0 Å². The second kappa shape index (κ2) is 7.04. The highest BCUT2D eigenvalue weighted by Crippen LogP contribution is 2.27. The molecule has 3 aliphatic rings. The average Bonchev–Trinajstić information content (AvgIpc) is 2.62. The summed E-state index contributed by atoms with van der Waals surface area (Å²) in [7, 11) is 0. The van der Waals surface area contributed by atoms with E-state index in [1.54, 1.807) is 12.3 Å². The van der Waals surface area contributed by atoms with Gasteiger partial charge in [0.25, 0.3) is 0 Å². The zero-order valence-corrected chi connectivity index (χ0v) is 14.3. The first-order chi connectivity index (χ1) is 11.8. The lowest BCUT2D eigenvalue weighted by molar-refractivity contribution is 0.0486. The Bertz CT molecular complexity index is 592. The van der Waals surface area contributed by atoms with Crippen LogP contribution in [0.3, 0.4) is 0 Å². The predicted molar refractivity (Wildman–Crippen MR) is 92.8 cm³/mol. The second-order valence-electron chi connectivity index (χ2n) is 7.30. The Kier molecular flexibility index (Phi) is 4.63. The van der Waals surface area contributed by atoms with Crippen molar-refractivity contribution < 1.29 is 0 Å². The predicted octanol–water partition coefficient (Wildman–Crippen LogP) is 1.49. The first kappa shape index (κ1) is 15.8. The van der Waals surface area contributed by atoms with E-state index < -0.39 is 0 Å². The Labute approximate surface area is 144 Å². The molecule has 3 heterocycles. The summed E-state index contributed by atoms with van der Waals surface area (Å²) in [5.74, 6) is 0.747. The number of nitrogens with zero attached hydrogens (tertiary/aromatic N) is 6. The fourth-order valence-corrected chi connectivity index (χ4v) is 4.42. The normalized spacial score (nSPS) is 24.5. The van der Waals surface area contributed by atoms with Gasteiger partial charge in [0, 0.05) is 51.4 Å². The van der Waals surface area contributed by atoms with E-state index in [2.05, 4.69) is 31.0 Å². The van der Waals surface area contributed by atoms with Gasteiger partial charge in [-0.1, -0.05) is 19.3 Å². The molecule has 1 aliphatic carbocycles. The molecule has 1 aromatic heterocycles. The van der Waals surface area contributed by atoms with Gasteiger partial charge in [0.15, 0.2) is 5.82 Å². The largest absolute Gasteiger partial charge is 0.351 e. The third-order valence-electron chi connectivity index (χ3n) is 5.94. The lowest BCUT2D eigenvalue weighted by Crippen LogP contribution is -2.64. The molecule has 0 bridgehead atoms. The van der Waals surface area contributed by atoms with Crippen LogP contribution in [0.4, 0.5) is 5.82 Å². The average molecular weight is 326 g/mol. The van der Waals surface area contributed by atoms with Gasteiger partial charge in [-0.2, -0.15) is 10.4 Å². The van der Waals surface area contributed by atoms with Gasteiger partial charge in [-0.25, -0.2) is 0 Å². The van der Waals surface area contributed by atoms with Crippen molar-refractivity contribution in [1.29, 1.82) is 5.26 Å². The van der Waals surface area contributed by atoms with Gasteiger partial charge in [0.05, 0.1) is 11.8 Å². The molecule has 1 aromatic rings. The zero-order chi connectivity index (χ0) is 16.4. The smallest absolute Gasteiger partial charge is 0.169 e. The number of nitriles is 1. The molecule has 3 fully saturated rings. The number of hydrogen-bond donors (Lipinski definition) is 0. The molecule has 0 N–H and O–H groups in total. The second-order valence-corrected chi connectivity index (χ2v) is 7.30. The molecule has 0 radical (unpaired) electrons. The van der Waals surface area contributed by atoms with Crippen molar-refractivity contribution >= 4 is 5.82 Å². The number of aromatic nitrogens is 2. The van der Waals surface area contributed by atoms with Crippen LogP contribution in [-0.4, -0.2) is 71.3 Å². The number of anilines is 1. The summed E-state index contributed by atoms with van der Waals surface area (Å²) in [6.45, 7) is 6.74. The van der Waals surface area contributed by atoms with Gasteiger partial charge in [-0.3, -0.25) is 9.80 Å². The molecular weight excluding hydrogens is 300 g/mol. The molecule has 6 nitrogen and oxygen atoms in total. The molecular formula is C18H26N6. The van der Waals surface area contributed by atoms with E-state index in [0.29, 0.717) is 11.6 Å². The van der Waals surface area contributed by atoms with Gasteiger partial charge in [-0.05, 0) is 18.9 Å². The van der Waals surface area contributed by atoms with E-state index >= 15 is 0 Å². The van der Waals surface area contributed by atoms with Gasteiger partial charge in [0.1, 0.15) is 6.07 Å². The standard InChI is InChI=1S/C18H26N6/c19-12-15-6-7-20-21-18(15)24-13-17(14-24)23-10-8-22(9-11-23)16-4-2-1-3-5-16/h6-7,16-17H,1-5,8-11,13-14H2. The Morgan fingerprint density at radius 3 is 2.29 bits per heavy atom. The van der Waals surface area contributed by atoms with Crippen LogP contribution in [0.1, 0.15) is 37.7 Å². The highest BCUT2D eigenvalue weighted by Gasteiger charge is 2.36. The highest BCUT2D eigenvalue weighted by atomic mass is 15.4. The topological polar surface area (TPSA) is 59.3 Å². The van der Waals surface area contributed by atoms with Gasteiger partial charge in [0.2, 0.25) is 0 Å². The van der Waals surface area contributed by atoms with E-state index in [1.807, 2.05) is 0 Å². The minimum Gasteiger partial charge on any atom is -0.351 e. The van der Waals surface area contributed by atoms with E-state index in [4.69, 9.17) is 0 Å². The number of rotatable bonds is 3. The lowest BCUT2D eigenvalue weighted by Gasteiger charge is -2.49. The molecule has 6 heteroatoms. The molecule has 4 rings (SSSR count).